The number of aryl methyl sites for hydroxylation is 1. The molecular weight excluding hydrogens is 336 g/mol. The van der Waals surface area contributed by atoms with Crippen LogP contribution in [0.2, 0.25) is 0 Å². The van der Waals surface area contributed by atoms with E-state index in [1.165, 1.54) is 6.42 Å². The zero-order chi connectivity index (χ0) is 17.2. The predicted octanol–water partition coefficient (Wildman–Crippen LogP) is 1.23. The van der Waals surface area contributed by atoms with Crippen molar-refractivity contribution in [2.75, 3.05) is 24.1 Å². The van der Waals surface area contributed by atoms with Crippen LogP contribution < -0.4 is 21.9 Å². The number of thiazole rings is 1. The fourth-order valence-electron chi connectivity index (χ4n) is 3.71. The van der Waals surface area contributed by atoms with E-state index >= 15 is 0 Å². The molecule has 1 saturated heterocycles. The molecule has 3 heterocycles. The minimum Gasteiger partial charge on any atom is -0.368 e. The van der Waals surface area contributed by atoms with Crippen molar-refractivity contribution in [1.82, 2.24) is 30.8 Å². The highest BCUT2D eigenvalue weighted by Gasteiger charge is 2.35. The van der Waals surface area contributed by atoms with Crippen LogP contribution in [0.5, 0.6) is 0 Å². The summed E-state index contributed by atoms with van der Waals surface area (Å²) in [7, 11) is 0. The molecule has 0 amide bonds. The minimum atomic E-state index is 0.289. The lowest BCUT2D eigenvalue weighted by molar-refractivity contribution is 0.296. The molecule has 0 aromatic carbocycles. The van der Waals surface area contributed by atoms with Crippen molar-refractivity contribution in [3.63, 3.8) is 0 Å². The lowest BCUT2D eigenvalue weighted by atomic mass is 9.79. The van der Waals surface area contributed by atoms with Gasteiger partial charge in [0, 0.05) is 36.9 Å². The first-order valence-corrected chi connectivity index (χ1v) is 9.70. The molecule has 3 atom stereocenters. The van der Waals surface area contributed by atoms with E-state index in [1.54, 1.807) is 11.3 Å². The highest BCUT2D eigenvalue weighted by Crippen LogP contribution is 2.35. The molecule has 2 aromatic heterocycles. The molecular formula is C16H24N8S. The Morgan fingerprint density at radius 3 is 3.04 bits per heavy atom. The largest absolute Gasteiger partial charge is 0.368 e. The summed E-state index contributed by atoms with van der Waals surface area (Å²) in [4.78, 5) is 17.7. The van der Waals surface area contributed by atoms with E-state index in [-0.39, 0.29) is 5.95 Å². The number of nitrogen functional groups attached to an aromatic ring is 1. The fourth-order valence-corrected chi connectivity index (χ4v) is 4.35. The van der Waals surface area contributed by atoms with E-state index in [0.29, 0.717) is 17.9 Å². The molecule has 2 fully saturated rings. The zero-order valence-corrected chi connectivity index (χ0v) is 15.1. The Morgan fingerprint density at radius 2 is 2.20 bits per heavy atom. The van der Waals surface area contributed by atoms with Gasteiger partial charge in [-0.2, -0.15) is 15.0 Å². The molecule has 9 heteroatoms. The monoisotopic (exact) mass is 360 g/mol. The molecule has 134 valence electrons. The lowest BCUT2D eigenvalue weighted by Crippen LogP contribution is -2.36. The molecule has 1 aliphatic carbocycles. The third kappa shape index (κ3) is 3.88. The maximum absolute atomic E-state index is 5.92. The Labute approximate surface area is 151 Å². The SMILES string of the molecule is Cc1nc(CCNc2nc(N)nc(C3CCC4CNNC4C3)n2)cs1. The van der Waals surface area contributed by atoms with Crippen LogP contribution in [-0.4, -0.2) is 39.1 Å². The van der Waals surface area contributed by atoms with Gasteiger partial charge in [0.15, 0.2) is 0 Å². The maximum atomic E-state index is 5.92. The molecule has 5 N–H and O–H groups in total. The number of fused-ring (bicyclic) bond motifs is 1. The summed E-state index contributed by atoms with van der Waals surface area (Å²) in [5.41, 5.74) is 13.6. The Morgan fingerprint density at radius 1 is 1.28 bits per heavy atom. The van der Waals surface area contributed by atoms with E-state index in [4.69, 9.17) is 5.73 Å². The highest BCUT2D eigenvalue weighted by molar-refractivity contribution is 7.09. The normalized spacial score (nSPS) is 25.7. The first kappa shape index (κ1) is 16.6. The van der Waals surface area contributed by atoms with Crippen LogP contribution in [0.1, 0.15) is 41.7 Å². The first-order chi connectivity index (χ1) is 12.2. The topological polar surface area (TPSA) is 114 Å². The standard InChI is InChI=1S/C16H24N8S/c1-9-20-12(8-25-9)4-5-18-16-22-14(21-15(17)23-16)10-2-3-11-7-19-24-13(11)6-10/h8,10-11,13,19,24H,2-7H2,1H3,(H3,17,18,21,22,23). The number of nitrogens with zero attached hydrogens (tertiary/aromatic N) is 4. The second-order valence-electron chi connectivity index (χ2n) is 6.81. The van der Waals surface area contributed by atoms with Crippen LogP contribution in [0.25, 0.3) is 0 Å². The Bertz CT molecular complexity index is 733. The van der Waals surface area contributed by atoms with Gasteiger partial charge in [-0.15, -0.1) is 11.3 Å². The van der Waals surface area contributed by atoms with Crippen molar-refractivity contribution in [2.24, 2.45) is 5.92 Å². The van der Waals surface area contributed by atoms with E-state index in [1.807, 2.05) is 6.92 Å². The number of nitrogens with one attached hydrogen (secondary N) is 3. The van der Waals surface area contributed by atoms with Gasteiger partial charge in [-0.1, -0.05) is 0 Å². The van der Waals surface area contributed by atoms with Gasteiger partial charge in [0.05, 0.1) is 10.7 Å². The van der Waals surface area contributed by atoms with Gasteiger partial charge in [-0.05, 0) is 32.1 Å². The quantitative estimate of drug-likeness (QED) is 0.630. The molecule has 2 aromatic rings. The fraction of sp³-hybridized carbons (Fsp3) is 0.625. The summed E-state index contributed by atoms with van der Waals surface area (Å²) >= 11 is 1.67. The summed E-state index contributed by atoms with van der Waals surface area (Å²) in [6, 6.07) is 0.501. The van der Waals surface area contributed by atoms with Crippen molar-refractivity contribution < 1.29 is 0 Å². The van der Waals surface area contributed by atoms with Gasteiger partial charge in [0.2, 0.25) is 11.9 Å². The lowest BCUT2D eigenvalue weighted by Gasteiger charge is -2.29. The third-order valence-corrected chi connectivity index (χ3v) is 5.83. The molecule has 2 aliphatic rings. The molecule has 1 saturated carbocycles. The second-order valence-corrected chi connectivity index (χ2v) is 7.87. The van der Waals surface area contributed by atoms with Gasteiger partial charge in [-0.25, -0.2) is 4.98 Å². The van der Waals surface area contributed by atoms with Crippen LogP contribution in [0, 0.1) is 12.8 Å². The number of hydrazine groups is 1. The number of anilines is 2. The van der Waals surface area contributed by atoms with Crippen molar-refractivity contribution in [1.29, 1.82) is 0 Å². The van der Waals surface area contributed by atoms with Crippen LogP contribution in [-0.2, 0) is 6.42 Å². The summed E-state index contributed by atoms with van der Waals surface area (Å²) in [5, 5.41) is 6.44. The maximum Gasteiger partial charge on any atom is 0.227 e. The second kappa shape index (κ2) is 7.19. The molecule has 3 unspecified atom stereocenters. The number of rotatable bonds is 5. The minimum absolute atomic E-state index is 0.289. The van der Waals surface area contributed by atoms with E-state index in [0.717, 1.165) is 54.8 Å². The highest BCUT2D eigenvalue weighted by atomic mass is 32.1. The summed E-state index contributed by atoms with van der Waals surface area (Å²) < 4.78 is 0. The van der Waals surface area contributed by atoms with Crippen LogP contribution in [0.3, 0.4) is 0 Å². The van der Waals surface area contributed by atoms with Gasteiger partial charge >= 0.3 is 0 Å². The predicted molar refractivity (Wildman–Crippen MR) is 98.3 cm³/mol. The number of nitrogens with two attached hydrogens (primary N) is 1. The first-order valence-electron chi connectivity index (χ1n) is 8.82. The Hall–Kier alpha value is -1.84. The molecule has 0 bridgehead atoms. The molecule has 0 radical (unpaired) electrons. The van der Waals surface area contributed by atoms with Crippen LogP contribution >= 0.6 is 11.3 Å². The molecule has 0 spiro atoms. The summed E-state index contributed by atoms with van der Waals surface area (Å²) in [6.45, 7) is 3.80. The third-order valence-electron chi connectivity index (χ3n) is 5.01. The van der Waals surface area contributed by atoms with Crippen molar-refractivity contribution in [3.05, 3.63) is 21.9 Å². The van der Waals surface area contributed by atoms with E-state index < -0.39 is 0 Å². The molecule has 25 heavy (non-hydrogen) atoms. The average Bonchev–Trinajstić information content (AvgIpc) is 3.22. The molecule has 1 aliphatic heterocycles. The zero-order valence-electron chi connectivity index (χ0n) is 14.3. The Balaban J connectivity index is 1.39. The van der Waals surface area contributed by atoms with Crippen LogP contribution in [0.4, 0.5) is 11.9 Å². The summed E-state index contributed by atoms with van der Waals surface area (Å²) in [5.74, 6) is 2.72. The van der Waals surface area contributed by atoms with Crippen molar-refractivity contribution in [3.8, 4) is 0 Å². The average molecular weight is 360 g/mol. The Kier molecular flexibility index (Phi) is 4.78. The van der Waals surface area contributed by atoms with E-state index in [2.05, 4.69) is 41.5 Å². The van der Waals surface area contributed by atoms with Gasteiger partial charge in [0.25, 0.3) is 0 Å². The smallest absolute Gasteiger partial charge is 0.227 e. The summed E-state index contributed by atoms with van der Waals surface area (Å²) in [6.07, 6.45) is 4.17. The van der Waals surface area contributed by atoms with Crippen molar-refractivity contribution >= 4 is 23.2 Å². The van der Waals surface area contributed by atoms with Crippen LogP contribution in [0.15, 0.2) is 5.38 Å². The van der Waals surface area contributed by atoms with Gasteiger partial charge in [0.1, 0.15) is 5.82 Å². The molecule has 4 rings (SSSR count). The van der Waals surface area contributed by atoms with Gasteiger partial charge in [-0.3, -0.25) is 10.9 Å². The van der Waals surface area contributed by atoms with Gasteiger partial charge < -0.3 is 11.1 Å². The van der Waals surface area contributed by atoms with E-state index in [9.17, 15) is 0 Å². The van der Waals surface area contributed by atoms with Crippen molar-refractivity contribution in [2.45, 2.75) is 44.6 Å². The molecule has 8 nitrogen and oxygen atoms in total. The number of aromatic nitrogens is 4. The number of hydrogen-bond acceptors (Lipinski definition) is 9. The number of hydrogen-bond donors (Lipinski definition) is 4.